The van der Waals surface area contributed by atoms with Crippen LogP contribution in [0.25, 0.3) is 22.0 Å². The Morgan fingerprint density at radius 2 is 1.78 bits per heavy atom. The SMILES string of the molecule is Cc1cc(-c2cc(Oc3ccc4cnccc4c3)ccn2)ccc1C(N)=O. The van der Waals surface area contributed by atoms with Crippen molar-refractivity contribution in [2.45, 2.75) is 6.92 Å². The van der Waals surface area contributed by atoms with Gasteiger partial charge in [0.25, 0.3) is 0 Å². The third-order valence-corrected chi connectivity index (χ3v) is 4.37. The van der Waals surface area contributed by atoms with E-state index in [1.807, 2.05) is 61.7 Å². The van der Waals surface area contributed by atoms with Crippen LogP contribution in [0.1, 0.15) is 15.9 Å². The highest BCUT2D eigenvalue weighted by Gasteiger charge is 2.08. The first-order valence-electron chi connectivity index (χ1n) is 8.49. The average Bonchev–Trinajstić information content (AvgIpc) is 2.68. The van der Waals surface area contributed by atoms with Crippen LogP contribution >= 0.6 is 0 Å². The number of pyridine rings is 2. The van der Waals surface area contributed by atoms with Gasteiger partial charge in [-0.25, -0.2) is 0 Å². The van der Waals surface area contributed by atoms with Crippen molar-refractivity contribution in [2.75, 3.05) is 0 Å². The normalized spacial score (nSPS) is 10.7. The maximum absolute atomic E-state index is 11.4. The molecule has 0 radical (unpaired) electrons. The molecular formula is C22H17N3O2. The summed E-state index contributed by atoms with van der Waals surface area (Å²) in [5, 5.41) is 2.12. The zero-order valence-corrected chi connectivity index (χ0v) is 14.7. The fraction of sp³-hybridized carbons (Fsp3) is 0.0455. The molecule has 1 amide bonds. The predicted octanol–water partition coefficient (Wildman–Crippen LogP) is 4.50. The summed E-state index contributed by atoms with van der Waals surface area (Å²) in [5.41, 5.74) is 8.36. The van der Waals surface area contributed by atoms with Gasteiger partial charge in [-0.1, -0.05) is 6.07 Å². The number of aryl methyl sites for hydroxylation is 1. The minimum absolute atomic E-state index is 0.435. The summed E-state index contributed by atoms with van der Waals surface area (Å²) < 4.78 is 6.01. The molecule has 4 rings (SSSR count). The Morgan fingerprint density at radius 1 is 0.926 bits per heavy atom. The second-order valence-electron chi connectivity index (χ2n) is 6.26. The zero-order valence-electron chi connectivity index (χ0n) is 14.7. The van der Waals surface area contributed by atoms with Gasteiger partial charge >= 0.3 is 0 Å². The van der Waals surface area contributed by atoms with Crippen LogP contribution < -0.4 is 10.5 Å². The van der Waals surface area contributed by atoms with Gasteiger partial charge in [-0.2, -0.15) is 0 Å². The second-order valence-corrected chi connectivity index (χ2v) is 6.26. The molecule has 2 heterocycles. The molecule has 5 nitrogen and oxygen atoms in total. The van der Waals surface area contributed by atoms with Crippen molar-refractivity contribution in [3.05, 3.63) is 84.3 Å². The first-order chi connectivity index (χ1) is 13.1. The van der Waals surface area contributed by atoms with Crippen LogP contribution in [0.15, 0.2) is 73.2 Å². The number of carbonyl (C=O) groups excluding carboxylic acids is 1. The average molecular weight is 355 g/mol. The molecule has 132 valence electrons. The number of primary amides is 1. The van der Waals surface area contributed by atoms with E-state index in [1.54, 1.807) is 18.5 Å². The van der Waals surface area contributed by atoms with E-state index in [1.165, 1.54) is 0 Å². The Kier molecular flexibility index (Phi) is 4.26. The third-order valence-electron chi connectivity index (χ3n) is 4.37. The molecule has 0 bridgehead atoms. The lowest BCUT2D eigenvalue weighted by Gasteiger charge is -2.09. The van der Waals surface area contributed by atoms with Crippen molar-refractivity contribution in [1.82, 2.24) is 9.97 Å². The molecule has 0 spiro atoms. The van der Waals surface area contributed by atoms with E-state index in [0.717, 1.165) is 33.3 Å². The molecule has 2 aromatic heterocycles. The summed E-state index contributed by atoms with van der Waals surface area (Å²) in [4.78, 5) is 19.9. The summed E-state index contributed by atoms with van der Waals surface area (Å²) in [6.45, 7) is 1.86. The first-order valence-corrected chi connectivity index (χ1v) is 8.49. The van der Waals surface area contributed by atoms with Gasteiger partial charge in [-0.05, 0) is 60.3 Å². The van der Waals surface area contributed by atoms with Gasteiger partial charge in [0.1, 0.15) is 11.5 Å². The lowest BCUT2D eigenvalue weighted by molar-refractivity contribution is 0.0999. The molecule has 0 atom stereocenters. The van der Waals surface area contributed by atoms with Crippen LogP contribution in [0.2, 0.25) is 0 Å². The maximum Gasteiger partial charge on any atom is 0.248 e. The molecule has 4 aromatic rings. The lowest BCUT2D eigenvalue weighted by Crippen LogP contribution is -2.12. The van der Waals surface area contributed by atoms with Gasteiger partial charge < -0.3 is 10.5 Å². The molecule has 2 N–H and O–H groups in total. The van der Waals surface area contributed by atoms with Crippen LogP contribution in [0.3, 0.4) is 0 Å². The van der Waals surface area contributed by atoms with Crippen molar-refractivity contribution in [3.63, 3.8) is 0 Å². The molecule has 0 aliphatic carbocycles. The maximum atomic E-state index is 11.4. The molecule has 5 heteroatoms. The molecule has 0 saturated carbocycles. The van der Waals surface area contributed by atoms with Gasteiger partial charge in [-0.3, -0.25) is 14.8 Å². The first kappa shape index (κ1) is 16.7. The van der Waals surface area contributed by atoms with Crippen LogP contribution in [-0.2, 0) is 0 Å². The van der Waals surface area contributed by atoms with Gasteiger partial charge in [0.2, 0.25) is 5.91 Å². The van der Waals surface area contributed by atoms with E-state index in [-0.39, 0.29) is 0 Å². The zero-order chi connectivity index (χ0) is 18.8. The number of benzene rings is 2. The van der Waals surface area contributed by atoms with E-state index in [4.69, 9.17) is 10.5 Å². The molecule has 0 aliphatic heterocycles. The number of rotatable bonds is 4. The fourth-order valence-electron chi connectivity index (χ4n) is 2.99. The Labute approximate surface area is 156 Å². The lowest BCUT2D eigenvalue weighted by atomic mass is 10.0. The summed E-state index contributed by atoms with van der Waals surface area (Å²) in [6.07, 6.45) is 5.28. The van der Waals surface area contributed by atoms with Gasteiger partial charge in [-0.15, -0.1) is 0 Å². The van der Waals surface area contributed by atoms with Gasteiger partial charge in [0.05, 0.1) is 5.69 Å². The second kappa shape index (κ2) is 6.88. The van der Waals surface area contributed by atoms with Crippen LogP contribution in [0.5, 0.6) is 11.5 Å². The third kappa shape index (κ3) is 3.48. The topological polar surface area (TPSA) is 78.1 Å². The van der Waals surface area contributed by atoms with Crippen molar-refractivity contribution in [1.29, 1.82) is 0 Å². The van der Waals surface area contributed by atoms with Crippen molar-refractivity contribution in [2.24, 2.45) is 5.73 Å². The van der Waals surface area contributed by atoms with Gasteiger partial charge in [0, 0.05) is 41.2 Å². The summed E-state index contributed by atoms with van der Waals surface area (Å²) >= 11 is 0. The Hall–Kier alpha value is -3.73. The largest absolute Gasteiger partial charge is 0.457 e. The summed E-state index contributed by atoms with van der Waals surface area (Å²) in [5.74, 6) is 0.992. The number of aromatic nitrogens is 2. The number of ether oxygens (including phenoxy) is 1. The summed E-state index contributed by atoms with van der Waals surface area (Å²) in [6, 6.07) is 16.9. The quantitative estimate of drug-likeness (QED) is 0.585. The Bertz CT molecular complexity index is 1160. The monoisotopic (exact) mass is 355 g/mol. The molecule has 2 aromatic carbocycles. The Balaban J connectivity index is 1.64. The predicted molar refractivity (Wildman–Crippen MR) is 105 cm³/mol. The molecule has 0 aliphatic rings. The van der Waals surface area contributed by atoms with Crippen LogP contribution in [0, 0.1) is 6.92 Å². The molecule has 0 unspecified atom stereocenters. The summed E-state index contributed by atoms with van der Waals surface area (Å²) in [7, 11) is 0. The highest BCUT2D eigenvalue weighted by Crippen LogP contribution is 2.28. The number of nitrogens with two attached hydrogens (primary N) is 1. The highest BCUT2D eigenvalue weighted by molar-refractivity contribution is 5.94. The number of fused-ring (bicyclic) bond motifs is 1. The number of hydrogen-bond donors (Lipinski definition) is 1. The minimum atomic E-state index is -0.435. The van der Waals surface area contributed by atoms with Crippen molar-refractivity contribution in [3.8, 4) is 22.8 Å². The van der Waals surface area contributed by atoms with Crippen LogP contribution in [-0.4, -0.2) is 15.9 Å². The number of nitrogens with zero attached hydrogens (tertiary/aromatic N) is 2. The molecular weight excluding hydrogens is 338 g/mol. The number of carbonyl (C=O) groups is 1. The Morgan fingerprint density at radius 3 is 2.59 bits per heavy atom. The van der Waals surface area contributed by atoms with Crippen LogP contribution in [0.4, 0.5) is 0 Å². The smallest absolute Gasteiger partial charge is 0.248 e. The van der Waals surface area contributed by atoms with E-state index >= 15 is 0 Å². The molecule has 27 heavy (non-hydrogen) atoms. The van der Waals surface area contributed by atoms with E-state index < -0.39 is 5.91 Å². The van der Waals surface area contributed by atoms with Gasteiger partial charge in [0.15, 0.2) is 0 Å². The minimum Gasteiger partial charge on any atom is -0.457 e. The molecule has 0 fully saturated rings. The molecule has 0 saturated heterocycles. The van der Waals surface area contributed by atoms with E-state index in [2.05, 4.69) is 9.97 Å². The van der Waals surface area contributed by atoms with E-state index in [0.29, 0.717) is 11.3 Å². The van der Waals surface area contributed by atoms with E-state index in [9.17, 15) is 4.79 Å². The number of hydrogen-bond acceptors (Lipinski definition) is 4. The van der Waals surface area contributed by atoms with Crippen molar-refractivity contribution >= 4 is 16.7 Å². The highest BCUT2D eigenvalue weighted by atomic mass is 16.5. The number of amides is 1. The fourth-order valence-corrected chi connectivity index (χ4v) is 2.99. The van der Waals surface area contributed by atoms with Crippen molar-refractivity contribution < 1.29 is 9.53 Å². The standard InChI is InChI=1S/C22H17N3O2/c1-14-10-16(3-5-20(14)22(23)26)21-12-19(7-9-25-21)27-18-4-2-17-13-24-8-6-15(17)11-18/h2-13H,1H3,(H2,23,26).